The maximum atomic E-state index is 10.5. The molecule has 0 heterocycles. The van der Waals surface area contributed by atoms with Crippen LogP contribution in [-0.2, 0) is 4.79 Å². The fourth-order valence-corrected chi connectivity index (χ4v) is 1.84. The first kappa shape index (κ1) is 8.79. The van der Waals surface area contributed by atoms with Crippen molar-refractivity contribution in [3.8, 4) is 0 Å². The molecule has 0 aromatic carbocycles. The Hall–Kier alpha value is -0.300. The lowest BCUT2D eigenvalue weighted by Crippen LogP contribution is -1.91. The lowest BCUT2D eigenvalue weighted by Gasteiger charge is -2.04. The number of carbonyl (C=O) groups is 1. The summed E-state index contributed by atoms with van der Waals surface area (Å²) >= 11 is 5.93. The van der Waals surface area contributed by atoms with Gasteiger partial charge in [0.15, 0.2) is 0 Å². The molecule has 0 saturated heterocycles. The van der Waals surface area contributed by atoms with Crippen LogP contribution in [0.3, 0.4) is 0 Å². The molecule has 0 aromatic heterocycles. The predicted octanol–water partition coefficient (Wildman–Crippen LogP) is 2.89. The minimum atomic E-state index is 0.639. The van der Waals surface area contributed by atoms with Gasteiger partial charge in [-0.3, -0.25) is 4.79 Å². The van der Waals surface area contributed by atoms with E-state index in [1.165, 1.54) is 6.42 Å². The van der Waals surface area contributed by atoms with Crippen molar-refractivity contribution in [2.24, 2.45) is 5.92 Å². The molecule has 0 radical (unpaired) electrons. The van der Waals surface area contributed by atoms with Gasteiger partial charge in [-0.1, -0.05) is 24.9 Å². The zero-order valence-corrected chi connectivity index (χ0v) is 7.53. The minimum absolute atomic E-state index is 0.639. The lowest BCUT2D eigenvalue weighted by molar-refractivity contribution is -0.105. The van der Waals surface area contributed by atoms with Crippen LogP contribution in [0.1, 0.15) is 32.6 Å². The third-order valence-electron chi connectivity index (χ3n) is 2.16. The zero-order chi connectivity index (χ0) is 8.27. The van der Waals surface area contributed by atoms with Gasteiger partial charge in [0.1, 0.15) is 6.29 Å². The molecule has 1 unspecified atom stereocenters. The van der Waals surface area contributed by atoms with E-state index in [-0.39, 0.29) is 0 Å². The van der Waals surface area contributed by atoms with Crippen molar-refractivity contribution in [2.75, 3.05) is 0 Å². The molecule has 11 heavy (non-hydrogen) atoms. The van der Waals surface area contributed by atoms with Crippen LogP contribution >= 0.6 is 11.6 Å². The van der Waals surface area contributed by atoms with Crippen LogP contribution < -0.4 is 0 Å². The quantitative estimate of drug-likeness (QED) is 0.556. The summed E-state index contributed by atoms with van der Waals surface area (Å²) in [6, 6.07) is 0. The first-order chi connectivity index (χ1) is 5.24. The molecule has 62 valence electrons. The van der Waals surface area contributed by atoms with Gasteiger partial charge in [0, 0.05) is 10.6 Å². The van der Waals surface area contributed by atoms with E-state index in [1.807, 2.05) is 0 Å². The van der Waals surface area contributed by atoms with Gasteiger partial charge in [0.05, 0.1) is 0 Å². The summed E-state index contributed by atoms with van der Waals surface area (Å²) < 4.78 is 0. The molecule has 0 aliphatic heterocycles. The third-order valence-corrected chi connectivity index (χ3v) is 2.56. The molecule has 0 bridgehead atoms. The number of allylic oxidation sites excluding steroid dienone is 2. The zero-order valence-electron chi connectivity index (χ0n) is 6.77. The van der Waals surface area contributed by atoms with Crippen molar-refractivity contribution in [2.45, 2.75) is 32.6 Å². The van der Waals surface area contributed by atoms with Crippen LogP contribution in [-0.4, -0.2) is 6.29 Å². The molecule has 0 N–H and O–H groups in total. The molecule has 1 aliphatic carbocycles. The van der Waals surface area contributed by atoms with E-state index in [0.29, 0.717) is 5.92 Å². The fraction of sp³-hybridized carbons (Fsp3) is 0.667. The largest absolute Gasteiger partial charge is 0.298 e. The van der Waals surface area contributed by atoms with Crippen LogP contribution in [0.4, 0.5) is 0 Å². The SMILES string of the molecule is CC1CCCC(C=O)=C(Cl)C1. The molecule has 1 atom stereocenters. The Balaban J connectivity index is 2.71. The van der Waals surface area contributed by atoms with Crippen molar-refractivity contribution in [1.82, 2.24) is 0 Å². The summed E-state index contributed by atoms with van der Waals surface area (Å²) in [6.45, 7) is 2.18. The second-order valence-corrected chi connectivity index (χ2v) is 3.71. The molecule has 1 aliphatic rings. The monoisotopic (exact) mass is 172 g/mol. The summed E-state index contributed by atoms with van der Waals surface area (Å²) in [5.41, 5.74) is 0.816. The summed E-state index contributed by atoms with van der Waals surface area (Å²) in [5, 5.41) is 0.782. The molecular formula is C9H13ClO. The highest BCUT2D eigenvalue weighted by Crippen LogP contribution is 2.28. The highest BCUT2D eigenvalue weighted by atomic mass is 35.5. The van der Waals surface area contributed by atoms with Crippen LogP contribution in [0.5, 0.6) is 0 Å². The number of hydrogen-bond acceptors (Lipinski definition) is 1. The average molecular weight is 173 g/mol. The average Bonchev–Trinajstić information content (AvgIpc) is 2.11. The maximum absolute atomic E-state index is 10.5. The Morgan fingerprint density at radius 1 is 1.64 bits per heavy atom. The fourth-order valence-electron chi connectivity index (χ4n) is 1.44. The number of aldehydes is 1. The molecule has 0 aromatic rings. The number of rotatable bonds is 1. The standard InChI is InChI=1S/C9H13ClO/c1-7-3-2-4-8(6-11)9(10)5-7/h6-7H,2-5H2,1H3. The van der Waals surface area contributed by atoms with Crippen molar-refractivity contribution >= 4 is 17.9 Å². The Bertz CT molecular complexity index is 184. The van der Waals surface area contributed by atoms with Gasteiger partial charge in [-0.2, -0.15) is 0 Å². The van der Waals surface area contributed by atoms with Gasteiger partial charge < -0.3 is 0 Å². The van der Waals surface area contributed by atoms with Gasteiger partial charge in [0.2, 0.25) is 0 Å². The lowest BCUT2D eigenvalue weighted by atomic mass is 10.0. The molecule has 0 saturated carbocycles. The summed E-state index contributed by atoms with van der Waals surface area (Å²) in [4.78, 5) is 10.5. The van der Waals surface area contributed by atoms with Crippen molar-refractivity contribution in [3.05, 3.63) is 10.6 Å². The topological polar surface area (TPSA) is 17.1 Å². The Kier molecular flexibility index (Phi) is 3.13. The number of hydrogen-bond donors (Lipinski definition) is 0. The van der Waals surface area contributed by atoms with Gasteiger partial charge in [-0.15, -0.1) is 0 Å². The van der Waals surface area contributed by atoms with Crippen LogP contribution in [0.15, 0.2) is 10.6 Å². The van der Waals surface area contributed by atoms with E-state index in [9.17, 15) is 4.79 Å². The minimum Gasteiger partial charge on any atom is -0.298 e. The summed E-state index contributed by atoms with van der Waals surface area (Å²) in [6.07, 6.45) is 4.95. The third kappa shape index (κ3) is 2.33. The van der Waals surface area contributed by atoms with Crippen LogP contribution in [0.2, 0.25) is 0 Å². The molecule has 1 nitrogen and oxygen atoms in total. The van der Waals surface area contributed by atoms with Crippen LogP contribution in [0.25, 0.3) is 0 Å². The molecule has 1 rings (SSSR count). The van der Waals surface area contributed by atoms with E-state index in [2.05, 4.69) is 6.92 Å². The highest BCUT2D eigenvalue weighted by molar-refractivity contribution is 6.31. The van der Waals surface area contributed by atoms with Crippen molar-refractivity contribution in [3.63, 3.8) is 0 Å². The van der Waals surface area contributed by atoms with E-state index < -0.39 is 0 Å². The number of halogens is 1. The second-order valence-electron chi connectivity index (χ2n) is 3.25. The summed E-state index contributed by atoms with van der Waals surface area (Å²) in [7, 11) is 0. The number of carbonyl (C=O) groups excluding carboxylic acids is 1. The van der Waals surface area contributed by atoms with Crippen molar-refractivity contribution in [1.29, 1.82) is 0 Å². The summed E-state index contributed by atoms with van der Waals surface area (Å²) in [5.74, 6) is 0.639. The molecular weight excluding hydrogens is 160 g/mol. The van der Waals surface area contributed by atoms with E-state index in [4.69, 9.17) is 11.6 Å². The van der Waals surface area contributed by atoms with E-state index >= 15 is 0 Å². The first-order valence-corrected chi connectivity index (χ1v) is 4.44. The van der Waals surface area contributed by atoms with Crippen LogP contribution in [0, 0.1) is 5.92 Å². The smallest absolute Gasteiger partial charge is 0.147 e. The molecule has 2 heteroatoms. The Labute approximate surface area is 72.4 Å². The van der Waals surface area contributed by atoms with Gasteiger partial charge in [-0.25, -0.2) is 0 Å². The van der Waals surface area contributed by atoms with Gasteiger partial charge in [0.25, 0.3) is 0 Å². The molecule has 0 fully saturated rings. The van der Waals surface area contributed by atoms with Gasteiger partial charge >= 0.3 is 0 Å². The first-order valence-electron chi connectivity index (χ1n) is 4.06. The predicted molar refractivity (Wildman–Crippen MR) is 46.6 cm³/mol. The van der Waals surface area contributed by atoms with E-state index in [0.717, 1.165) is 36.2 Å². The maximum Gasteiger partial charge on any atom is 0.147 e. The highest BCUT2D eigenvalue weighted by Gasteiger charge is 2.13. The Morgan fingerprint density at radius 3 is 3.00 bits per heavy atom. The van der Waals surface area contributed by atoms with Gasteiger partial charge in [-0.05, 0) is 25.2 Å². The van der Waals surface area contributed by atoms with Crippen molar-refractivity contribution < 1.29 is 4.79 Å². The van der Waals surface area contributed by atoms with E-state index in [1.54, 1.807) is 0 Å². The normalized spacial score (nSPS) is 26.5. The molecule has 0 spiro atoms. The molecule has 0 amide bonds. The second kappa shape index (κ2) is 3.91. The Morgan fingerprint density at radius 2 is 2.36 bits per heavy atom.